The number of hydrogen-bond acceptors (Lipinski definition) is 2. The van der Waals surface area contributed by atoms with Crippen LogP contribution < -0.4 is 5.32 Å². The Hall–Kier alpha value is -1.05. The van der Waals surface area contributed by atoms with Gasteiger partial charge in [-0.2, -0.15) is 0 Å². The smallest absolute Gasteiger partial charge is 0.0400 e. The van der Waals surface area contributed by atoms with Crippen molar-refractivity contribution in [2.45, 2.75) is 52.4 Å². The molecule has 1 N–H and O–H groups in total. The summed E-state index contributed by atoms with van der Waals surface area (Å²) in [5.41, 5.74) is 2.46. The molecule has 0 aliphatic rings. The number of hydrogen-bond donors (Lipinski definition) is 1. The van der Waals surface area contributed by atoms with Gasteiger partial charge in [0.05, 0.1) is 0 Å². The second kappa shape index (κ2) is 8.14. The van der Waals surface area contributed by atoms with Crippen LogP contribution in [0, 0.1) is 6.92 Å². The standard InChI is InChI=1S/C14H24N2/c1-3-4-5-6-7-8-10-16-14-9-11-15-12-13(14)2/h9,11-12H,3-8,10H2,1-2H3,(H,15,16). The molecule has 0 spiro atoms. The van der Waals surface area contributed by atoms with E-state index in [-0.39, 0.29) is 0 Å². The highest BCUT2D eigenvalue weighted by atomic mass is 14.9. The van der Waals surface area contributed by atoms with Crippen molar-refractivity contribution in [3.05, 3.63) is 24.0 Å². The van der Waals surface area contributed by atoms with Gasteiger partial charge in [-0.25, -0.2) is 0 Å². The van der Waals surface area contributed by atoms with E-state index in [2.05, 4.69) is 24.1 Å². The van der Waals surface area contributed by atoms with Crippen LogP contribution in [0.15, 0.2) is 18.5 Å². The molecule has 1 aromatic rings. The molecule has 2 heteroatoms. The van der Waals surface area contributed by atoms with E-state index in [0.717, 1.165) is 6.54 Å². The molecule has 16 heavy (non-hydrogen) atoms. The van der Waals surface area contributed by atoms with Gasteiger partial charge >= 0.3 is 0 Å². The number of pyridine rings is 1. The Morgan fingerprint density at radius 3 is 2.62 bits per heavy atom. The van der Waals surface area contributed by atoms with Crippen molar-refractivity contribution in [2.75, 3.05) is 11.9 Å². The number of aromatic nitrogens is 1. The molecule has 0 atom stereocenters. The van der Waals surface area contributed by atoms with Gasteiger partial charge in [0.25, 0.3) is 0 Å². The first-order valence-electron chi connectivity index (χ1n) is 6.49. The molecule has 0 saturated carbocycles. The third-order valence-corrected chi connectivity index (χ3v) is 2.87. The zero-order valence-electron chi connectivity index (χ0n) is 10.6. The Labute approximate surface area is 99.5 Å². The predicted octanol–water partition coefficient (Wildman–Crippen LogP) is 4.16. The lowest BCUT2D eigenvalue weighted by Crippen LogP contribution is -2.02. The van der Waals surface area contributed by atoms with Crippen LogP contribution in [-0.4, -0.2) is 11.5 Å². The molecule has 0 aliphatic carbocycles. The van der Waals surface area contributed by atoms with Crippen molar-refractivity contribution in [3.8, 4) is 0 Å². The number of rotatable bonds is 8. The molecule has 0 radical (unpaired) electrons. The van der Waals surface area contributed by atoms with E-state index in [1.807, 2.05) is 18.5 Å². The van der Waals surface area contributed by atoms with Gasteiger partial charge in [-0.3, -0.25) is 4.98 Å². The van der Waals surface area contributed by atoms with Gasteiger partial charge in [0, 0.05) is 24.6 Å². The van der Waals surface area contributed by atoms with E-state index in [1.165, 1.54) is 49.8 Å². The molecule has 90 valence electrons. The molecule has 0 bridgehead atoms. The van der Waals surface area contributed by atoms with Crippen molar-refractivity contribution in [3.63, 3.8) is 0 Å². The van der Waals surface area contributed by atoms with Gasteiger partial charge in [-0.1, -0.05) is 39.0 Å². The minimum Gasteiger partial charge on any atom is -0.385 e. The maximum Gasteiger partial charge on any atom is 0.0400 e. The van der Waals surface area contributed by atoms with Gasteiger partial charge in [0.1, 0.15) is 0 Å². The summed E-state index contributed by atoms with van der Waals surface area (Å²) in [5.74, 6) is 0. The molecule has 0 unspecified atom stereocenters. The molecule has 0 amide bonds. The van der Waals surface area contributed by atoms with E-state index >= 15 is 0 Å². The number of aryl methyl sites for hydroxylation is 1. The van der Waals surface area contributed by atoms with Gasteiger partial charge in [0.2, 0.25) is 0 Å². The predicted molar refractivity (Wildman–Crippen MR) is 70.8 cm³/mol. The van der Waals surface area contributed by atoms with Crippen LogP contribution in [0.3, 0.4) is 0 Å². The number of unbranched alkanes of at least 4 members (excludes halogenated alkanes) is 5. The Balaban J connectivity index is 2.05. The summed E-state index contributed by atoms with van der Waals surface area (Å²) in [7, 11) is 0. The summed E-state index contributed by atoms with van der Waals surface area (Å²) in [6.07, 6.45) is 11.9. The Bertz CT molecular complexity index is 284. The molecule has 0 aromatic carbocycles. The molecule has 1 heterocycles. The van der Waals surface area contributed by atoms with Gasteiger partial charge in [-0.15, -0.1) is 0 Å². The summed E-state index contributed by atoms with van der Waals surface area (Å²) < 4.78 is 0. The third kappa shape index (κ3) is 5.15. The second-order valence-electron chi connectivity index (χ2n) is 4.39. The Kier molecular flexibility index (Phi) is 6.62. The summed E-state index contributed by atoms with van der Waals surface area (Å²) in [6, 6.07) is 2.05. The summed E-state index contributed by atoms with van der Waals surface area (Å²) in [6.45, 7) is 5.43. The average molecular weight is 220 g/mol. The maximum atomic E-state index is 4.08. The molecule has 0 fully saturated rings. The fourth-order valence-electron chi connectivity index (χ4n) is 1.80. The van der Waals surface area contributed by atoms with Crippen molar-refractivity contribution >= 4 is 5.69 Å². The lowest BCUT2D eigenvalue weighted by molar-refractivity contribution is 0.617. The minimum absolute atomic E-state index is 1.08. The first-order valence-corrected chi connectivity index (χ1v) is 6.49. The molecular weight excluding hydrogens is 196 g/mol. The highest BCUT2D eigenvalue weighted by molar-refractivity contribution is 5.48. The largest absolute Gasteiger partial charge is 0.385 e. The van der Waals surface area contributed by atoms with Crippen LogP contribution >= 0.6 is 0 Å². The number of nitrogens with zero attached hydrogens (tertiary/aromatic N) is 1. The van der Waals surface area contributed by atoms with E-state index in [1.54, 1.807) is 0 Å². The summed E-state index contributed by atoms with van der Waals surface area (Å²) in [4.78, 5) is 4.08. The van der Waals surface area contributed by atoms with Gasteiger partial charge in [-0.05, 0) is 25.0 Å². The van der Waals surface area contributed by atoms with E-state index < -0.39 is 0 Å². The van der Waals surface area contributed by atoms with Crippen LogP contribution in [0.2, 0.25) is 0 Å². The molecule has 2 nitrogen and oxygen atoms in total. The van der Waals surface area contributed by atoms with Crippen molar-refractivity contribution < 1.29 is 0 Å². The second-order valence-corrected chi connectivity index (χ2v) is 4.39. The van der Waals surface area contributed by atoms with Crippen molar-refractivity contribution in [1.29, 1.82) is 0 Å². The Morgan fingerprint density at radius 1 is 1.12 bits per heavy atom. The molecule has 0 aliphatic heterocycles. The zero-order chi connectivity index (χ0) is 11.6. The molecule has 1 rings (SSSR count). The first-order chi connectivity index (χ1) is 7.84. The molecular formula is C14H24N2. The fourth-order valence-corrected chi connectivity index (χ4v) is 1.80. The van der Waals surface area contributed by atoms with Gasteiger partial charge < -0.3 is 5.32 Å². The maximum absolute atomic E-state index is 4.08. The summed E-state index contributed by atoms with van der Waals surface area (Å²) in [5, 5.41) is 3.46. The lowest BCUT2D eigenvalue weighted by atomic mass is 10.1. The monoisotopic (exact) mass is 220 g/mol. The van der Waals surface area contributed by atoms with Crippen LogP contribution in [-0.2, 0) is 0 Å². The Morgan fingerprint density at radius 2 is 1.88 bits per heavy atom. The van der Waals surface area contributed by atoms with Crippen LogP contribution in [0.1, 0.15) is 51.0 Å². The average Bonchev–Trinajstić information content (AvgIpc) is 2.30. The topological polar surface area (TPSA) is 24.9 Å². The van der Waals surface area contributed by atoms with E-state index in [4.69, 9.17) is 0 Å². The quantitative estimate of drug-likeness (QED) is 0.665. The van der Waals surface area contributed by atoms with Crippen LogP contribution in [0.5, 0.6) is 0 Å². The van der Waals surface area contributed by atoms with Crippen LogP contribution in [0.4, 0.5) is 5.69 Å². The molecule has 0 saturated heterocycles. The number of nitrogens with one attached hydrogen (secondary N) is 1. The lowest BCUT2D eigenvalue weighted by Gasteiger charge is -2.08. The van der Waals surface area contributed by atoms with E-state index in [9.17, 15) is 0 Å². The SMILES string of the molecule is CCCCCCCCNc1ccncc1C. The minimum atomic E-state index is 1.08. The van der Waals surface area contributed by atoms with Crippen molar-refractivity contribution in [2.24, 2.45) is 0 Å². The first kappa shape index (κ1) is 13.0. The summed E-state index contributed by atoms with van der Waals surface area (Å²) >= 11 is 0. The third-order valence-electron chi connectivity index (χ3n) is 2.87. The van der Waals surface area contributed by atoms with Crippen LogP contribution in [0.25, 0.3) is 0 Å². The van der Waals surface area contributed by atoms with E-state index in [0.29, 0.717) is 0 Å². The normalized spacial score (nSPS) is 10.4. The highest BCUT2D eigenvalue weighted by Crippen LogP contribution is 2.12. The fraction of sp³-hybridized carbons (Fsp3) is 0.643. The highest BCUT2D eigenvalue weighted by Gasteiger charge is 1.95. The van der Waals surface area contributed by atoms with Crippen molar-refractivity contribution in [1.82, 2.24) is 4.98 Å². The number of anilines is 1. The van der Waals surface area contributed by atoms with Gasteiger partial charge in [0.15, 0.2) is 0 Å². The zero-order valence-corrected chi connectivity index (χ0v) is 10.6. The molecule has 1 aromatic heterocycles.